The molecule has 2 aromatic rings. The van der Waals surface area contributed by atoms with E-state index < -0.39 is 11.6 Å². The fourth-order valence-electron chi connectivity index (χ4n) is 2.06. The van der Waals surface area contributed by atoms with Crippen LogP contribution in [0.25, 0.3) is 0 Å². The van der Waals surface area contributed by atoms with Crippen molar-refractivity contribution in [2.24, 2.45) is 0 Å². The SMILES string of the molecule is C[C@@H]([NH2+]CC(=O)Nc1ccc(C#N)cc1)c1ccc(F)c(F)c1. The van der Waals surface area contributed by atoms with Crippen molar-refractivity contribution < 1.29 is 18.9 Å². The normalized spacial score (nSPS) is 11.6. The summed E-state index contributed by atoms with van der Waals surface area (Å²) in [5.41, 5.74) is 1.72. The highest BCUT2D eigenvalue weighted by Crippen LogP contribution is 2.13. The minimum atomic E-state index is -0.898. The number of nitrogens with two attached hydrogens (primary N) is 1. The van der Waals surface area contributed by atoms with Crippen molar-refractivity contribution in [3.63, 3.8) is 0 Å². The summed E-state index contributed by atoms with van der Waals surface area (Å²) >= 11 is 0. The van der Waals surface area contributed by atoms with Crippen LogP contribution in [0.15, 0.2) is 42.5 Å². The molecule has 0 saturated carbocycles. The molecule has 0 heterocycles. The van der Waals surface area contributed by atoms with Gasteiger partial charge >= 0.3 is 0 Å². The van der Waals surface area contributed by atoms with Gasteiger partial charge in [-0.3, -0.25) is 4.79 Å². The number of amides is 1. The van der Waals surface area contributed by atoms with Gasteiger partial charge in [0, 0.05) is 11.3 Å². The zero-order valence-electron chi connectivity index (χ0n) is 12.5. The van der Waals surface area contributed by atoms with Crippen LogP contribution in [-0.2, 0) is 4.79 Å². The largest absolute Gasteiger partial charge is 0.333 e. The second-order valence-corrected chi connectivity index (χ2v) is 5.14. The zero-order valence-corrected chi connectivity index (χ0v) is 12.5. The highest BCUT2D eigenvalue weighted by molar-refractivity contribution is 5.91. The molecule has 4 nitrogen and oxygen atoms in total. The monoisotopic (exact) mass is 316 g/mol. The summed E-state index contributed by atoms with van der Waals surface area (Å²) < 4.78 is 26.1. The standard InChI is InChI=1S/C17H15F2N3O/c1-11(13-4-7-15(18)16(19)8-13)21-10-17(23)22-14-5-2-12(9-20)3-6-14/h2-8,11,21H,10H2,1H3,(H,22,23)/p+1/t11-/m1/s1. The highest BCUT2D eigenvalue weighted by atomic mass is 19.2. The minimum Gasteiger partial charge on any atom is -0.333 e. The van der Waals surface area contributed by atoms with Crippen LogP contribution in [0.5, 0.6) is 0 Å². The maximum atomic E-state index is 13.2. The van der Waals surface area contributed by atoms with Gasteiger partial charge in [-0.05, 0) is 49.4 Å². The Kier molecular flexibility index (Phi) is 5.39. The smallest absolute Gasteiger partial charge is 0.279 e. The maximum absolute atomic E-state index is 13.2. The third-order valence-corrected chi connectivity index (χ3v) is 3.42. The molecule has 2 rings (SSSR count). The number of hydrogen-bond donors (Lipinski definition) is 2. The third kappa shape index (κ3) is 4.59. The Hall–Kier alpha value is -2.78. The molecule has 0 fully saturated rings. The number of nitriles is 1. The second kappa shape index (κ2) is 7.47. The van der Waals surface area contributed by atoms with Gasteiger partial charge in [-0.15, -0.1) is 0 Å². The molecular formula is C17H16F2N3O+. The van der Waals surface area contributed by atoms with E-state index in [9.17, 15) is 13.6 Å². The van der Waals surface area contributed by atoms with E-state index in [0.717, 1.165) is 12.1 Å². The van der Waals surface area contributed by atoms with Crippen LogP contribution in [0.4, 0.5) is 14.5 Å². The van der Waals surface area contributed by atoms with E-state index in [2.05, 4.69) is 5.32 Å². The third-order valence-electron chi connectivity index (χ3n) is 3.42. The maximum Gasteiger partial charge on any atom is 0.279 e. The number of halogens is 2. The van der Waals surface area contributed by atoms with E-state index >= 15 is 0 Å². The number of carbonyl (C=O) groups is 1. The number of anilines is 1. The average Bonchev–Trinajstić information content (AvgIpc) is 2.56. The summed E-state index contributed by atoms with van der Waals surface area (Å²) in [5, 5.41) is 13.1. The minimum absolute atomic E-state index is 0.139. The molecule has 1 amide bonds. The number of quaternary nitrogens is 1. The van der Waals surface area contributed by atoms with Crippen LogP contribution in [0, 0.1) is 23.0 Å². The van der Waals surface area contributed by atoms with Gasteiger partial charge in [-0.2, -0.15) is 5.26 Å². The van der Waals surface area contributed by atoms with Crippen LogP contribution < -0.4 is 10.6 Å². The van der Waals surface area contributed by atoms with Crippen LogP contribution in [-0.4, -0.2) is 12.5 Å². The number of benzene rings is 2. The summed E-state index contributed by atoms with van der Waals surface area (Å²) in [6.45, 7) is 1.95. The van der Waals surface area contributed by atoms with Crippen molar-refractivity contribution >= 4 is 11.6 Å². The van der Waals surface area contributed by atoms with Gasteiger partial charge in [0.05, 0.1) is 11.6 Å². The number of rotatable bonds is 5. The van der Waals surface area contributed by atoms with E-state index in [4.69, 9.17) is 5.26 Å². The molecule has 0 bridgehead atoms. The molecule has 0 aliphatic rings. The van der Waals surface area contributed by atoms with Gasteiger partial charge in [0.15, 0.2) is 18.2 Å². The van der Waals surface area contributed by atoms with Crippen LogP contribution in [0.3, 0.4) is 0 Å². The quantitative estimate of drug-likeness (QED) is 0.887. The lowest BCUT2D eigenvalue weighted by atomic mass is 10.1. The molecule has 3 N–H and O–H groups in total. The van der Waals surface area contributed by atoms with E-state index in [-0.39, 0.29) is 18.5 Å². The molecule has 2 aromatic carbocycles. The zero-order chi connectivity index (χ0) is 16.8. The first-order valence-corrected chi connectivity index (χ1v) is 7.08. The van der Waals surface area contributed by atoms with Gasteiger partial charge in [-0.25, -0.2) is 8.78 Å². The molecule has 0 unspecified atom stereocenters. The molecule has 0 saturated heterocycles. The number of nitrogens with one attached hydrogen (secondary N) is 1. The predicted octanol–water partition coefficient (Wildman–Crippen LogP) is 2.10. The highest BCUT2D eigenvalue weighted by Gasteiger charge is 2.13. The summed E-state index contributed by atoms with van der Waals surface area (Å²) in [7, 11) is 0. The van der Waals surface area contributed by atoms with Crippen molar-refractivity contribution in [3.8, 4) is 6.07 Å². The summed E-state index contributed by atoms with van der Waals surface area (Å²) in [4.78, 5) is 11.9. The van der Waals surface area contributed by atoms with E-state index in [1.165, 1.54) is 6.07 Å². The van der Waals surface area contributed by atoms with E-state index in [1.54, 1.807) is 29.6 Å². The molecule has 0 aliphatic heterocycles. The van der Waals surface area contributed by atoms with Gasteiger partial charge < -0.3 is 10.6 Å². The van der Waals surface area contributed by atoms with Crippen molar-refractivity contribution in [1.82, 2.24) is 0 Å². The van der Waals surface area contributed by atoms with Gasteiger partial charge in [0.2, 0.25) is 0 Å². The van der Waals surface area contributed by atoms with Crippen molar-refractivity contribution in [2.45, 2.75) is 13.0 Å². The Bertz CT molecular complexity index is 738. The second-order valence-electron chi connectivity index (χ2n) is 5.14. The predicted molar refractivity (Wildman–Crippen MR) is 81.4 cm³/mol. The molecule has 0 spiro atoms. The Morgan fingerprint density at radius 1 is 1.22 bits per heavy atom. The Morgan fingerprint density at radius 2 is 1.91 bits per heavy atom. The molecule has 0 aliphatic carbocycles. The Morgan fingerprint density at radius 3 is 2.52 bits per heavy atom. The number of nitrogens with zero attached hydrogens (tertiary/aromatic N) is 1. The molecule has 23 heavy (non-hydrogen) atoms. The topological polar surface area (TPSA) is 69.5 Å². The fraction of sp³-hybridized carbons (Fsp3) is 0.176. The Balaban J connectivity index is 1.87. The molecule has 1 atom stereocenters. The van der Waals surface area contributed by atoms with Gasteiger partial charge in [0.1, 0.15) is 6.04 Å². The first-order chi connectivity index (χ1) is 11.0. The lowest BCUT2D eigenvalue weighted by Crippen LogP contribution is -2.86. The molecular weight excluding hydrogens is 300 g/mol. The van der Waals surface area contributed by atoms with E-state index in [1.807, 2.05) is 13.0 Å². The Labute approximate surface area is 132 Å². The molecule has 118 valence electrons. The number of carbonyl (C=O) groups excluding carboxylic acids is 1. The first-order valence-electron chi connectivity index (χ1n) is 7.08. The van der Waals surface area contributed by atoms with Crippen LogP contribution in [0.2, 0.25) is 0 Å². The van der Waals surface area contributed by atoms with E-state index in [0.29, 0.717) is 16.8 Å². The summed E-state index contributed by atoms with van der Waals surface area (Å²) in [6, 6.07) is 12.0. The van der Waals surface area contributed by atoms with Crippen molar-refractivity contribution in [1.29, 1.82) is 5.26 Å². The first kappa shape index (κ1) is 16.6. The fourth-order valence-corrected chi connectivity index (χ4v) is 2.06. The molecule has 0 radical (unpaired) electrons. The van der Waals surface area contributed by atoms with Crippen LogP contribution in [0.1, 0.15) is 24.1 Å². The molecule has 0 aromatic heterocycles. The van der Waals surface area contributed by atoms with Crippen molar-refractivity contribution in [3.05, 3.63) is 65.2 Å². The molecule has 6 heteroatoms. The average molecular weight is 316 g/mol. The van der Waals surface area contributed by atoms with Gasteiger partial charge in [0.25, 0.3) is 5.91 Å². The van der Waals surface area contributed by atoms with Crippen molar-refractivity contribution in [2.75, 3.05) is 11.9 Å². The lowest BCUT2D eigenvalue weighted by Gasteiger charge is -2.11. The summed E-state index contributed by atoms with van der Waals surface area (Å²) in [6.07, 6.45) is 0. The van der Waals surface area contributed by atoms with Crippen LogP contribution >= 0.6 is 0 Å². The number of hydrogen-bond acceptors (Lipinski definition) is 2. The lowest BCUT2D eigenvalue weighted by molar-refractivity contribution is -0.682. The summed E-state index contributed by atoms with van der Waals surface area (Å²) in [5.74, 6) is -2.01. The van der Waals surface area contributed by atoms with Gasteiger partial charge in [-0.1, -0.05) is 0 Å².